The third kappa shape index (κ3) is 5.34. The Morgan fingerprint density at radius 3 is 2.40 bits per heavy atom. The first-order valence-electron chi connectivity index (χ1n) is 9.32. The van der Waals surface area contributed by atoms with Gasteiger partial charge in [-0.15, -0.1) is 0 Å². The number of benzene rings is 2. The maximum absolute atomic E-state index is 12.1. The molecule has 0 aromatic heterocycles. The number of sulfone groups is 1. The van der Waals surface area contributed by atoms with Crippen LogP contribution >= 0.6 is 0 Å². The van der Waals surface area contributed by atoms with E-state index in [0.29, 0.717) is 6.41 Å². The van der Waals surface area contributed by atoms with Crippen LogP contribution in [-0.4, -0.2) is 48.4 Å². The molecule has 160 valence electrons. The van der Waals surface area contributed by atoms with Crippen LogP contribution in [-0.2, 0) is 19.4 Å². The minimum atomic E-state index is -3.83. The first-order chi connectivity index (χ1) is 14.1. The lowest BCUT2D eigenvalue weighted by Crippen LogP contribution is -2.50. The molecule has 0 saturated carbocycles. The summed E-state index contributed by atoms with van der Waals surface area (Å²) in [4.78, 5) is 24.7. The van der Waals surface area contributed by atoms with Crippen molar-refractivity contribution in [1.82, 2.24) is 10.4 Å². The third-order valence-corrected chi connectivity index (χ3v) is 7.24. The van der Waals surface area contributed by atoms with E-state index in [0.717, 1.165) is 28.5 Å². The van der Waals surface area contributed by atoms with E-state index in [4.69, 9.17) is 5.21 Å². The smallest absolute Gasteiger partial charge is 0.264 e. The van der Waals surface area contributed by atoms with Gasteiger partial charge in [0.1, 0.15) is 0 Å². The van der Waals surface area contributed by atoms with Crippen molar-refractivity contribution in [1.29, 1.82) is 0 Å². The first kappa shape index (κ1) is 23.3. The van der Waals surface area contributed by atoms with E-state index < -0.39 is 20.5 Å². The molecule has 7 nitrogen and oxygen atoms in total. The molecule has 0 radical (unpaired) electrons. The molecule has 2 aromatic carbocycles. The van der Waals surface area contributed by atoms with E-state index in [1.807, 2.05) is 55.5 Å². The summed E-state index contributed by atoms with van der Waals surface area (Å²) in [5.74, 6) is -1.04. The summed E-state index contributed by atoms with van der Waals surface area (Å²) in [6, 6.07) is 15.9. The fraction of sp³-hybridized carbons (Fsp3) is 0.273. The van der Waals surface area contributed by atoms with Gasteiger partial charge in [0.2, 0.25) is 6.41 Å². The molecule has 0 saturated heterocycles. The molecular weight excluding hydrogens is 404 g/mol. The zero-order valence-corrected chi connectivity index (χ0v) is 18.0. The molecule has 0 spiro atoms. The Kier molecular flexibility index (Phi) is 7.53. The van der Waals surface area contributed by atoms with Crippen LogP contribution in [0.1, 0.15) is 24.5 Å². The lowest BCUT2D eigenvalue weighted by atomic mass is 10.00. The normalized spacial score (nSPS) is 13.6. The number of hydrogen-bond donors (Lipinski definition) is 2. The number of hydroxylamine groups is 1. The molecule has 0 fully saturated rings. The molecule has 0 aliphatic heterocycles. The molecule has 0 aliphatic rings. The largest absolute Gasteiger partial charge is 0.322 e. The summed E-state index contributed by atoms with van der Waals surface area (Å²) in [5, 5.41) is 8.90. The quantitative estimate of drug-likeness (QED) is 0.362. The Balaban J connectivity index is 2.21. The van der Waals surface area contributed by atoms with Gasteiger partial charge in [-0.25, -0.2) is 13.9 Å². The highest BCUT2D eigenvalue weighted by Crippen LogP contribution is 2.24. The van der Waals surface area contributed by atoms with Crippen LogP contribution in [0.2, 0.25) is 0 Å². The molecule has 1 atom stereocenters. The van der Waals surface area contributed by atoms with E-state index in [1.165, 1.54) is 17.3 Å². The van der Waals surface area contributed by atoms with Crippen molar-refractivity contribution in [2.24, 2.45) is 0 Å². The molecule has 8 heteroatoms. The van der Waals surface area contributed by atoms with E-state index in [-0.39, 0.29) is 13.0 Å². The summed E-state index contributed by atoms with van der Waals surface area (Å²) < 4.78 is 22.2. The van der Waals surface area contributed by atoms with Crippen LogP contribution in [0, 0.1) is 6.92 Å². The predicted molar refractivity (Wildman–Crippen MR) is 116 cm³/mol. The number of nitrogens with one attached hydrogen (secondary N) is 1. The highest BCUT2D eigenvalue weighted by Gasteiger charge is 2.43. The van der Waals surface area contributed by atoms with Gasteiger partial charge >= 0.3 is 0 Å². The summed E-state index contributed by atoms with van der Waals surface area (Å²) in [6.07, 6.45) is 4.61. The van der Waals surface area contributed by atoms with E-state index >= 15 is 0 Å². The minimum absolute atomic E-state index is 0.0194. The van der Waals surface area contributed by atoms with Gasteiger partial charge in [0, 0.05) is 19.0 Å². The fourth-order valence-electron chi connectivity index (χ4n) is 2.90. The number of aryl methyl sites for hydroxylation is 1. The van der Waals surface area contributed by atoms with Crippen LogP contribution in [0.3, 0.4) is 0 Å². The molecule has 2 aromatic rings. The number of hydrogen-bond acceptors (Lipinski definition) is 5. The van der Waals surface area contributed by atoms with Crippen LogP contribution in [0.4, 0.5) is 0 Å². The SMILES string of the molecule is Cc1ccc(-c2ccccc2)cc1/C=C\N(C=O)CCC(C)(C(=O)NO)S(C)(=O)=O. The van der Waals surface area contributed by atoms with Gasteiger partial charge in [0.25, 0.3) is 5.91 Å². The van der Waals surface area contributed by atoms with Crippen molar-refractivity contribution >= 4 is 28.2 Å². The van der Waals surface area contributed by atoms with Crippen LogP contribution in [0.25, 0.3) is 17.2 Å². The Morgan fingerprint density at radius 1 is 1.17 bits per heavy atom. The molecule has 2 amide bonds. The minimum Gasteiger partial charge on any atom is -0.322 e. The van der Waals surface area contributed by atoms with Gasteiger partial charge in [-0.2, -0.15) is 0 Å². The predicted octanol–water partition coefficient (Wildman–Crippen LogP) is 2.79. The van der Waals surface area contributed by atoms with Gasteiger partial charge in [0.15, 0.2) is 14.6 Å². The second-order valence-electron chi connectivity index (χ2n) is 7.29. The number of carbonyl (C=O) groups excluding carboxylic acids is 2. The van der Waals surface area contributed by atoms with E-state index in [2.05, 4.69) is 0 Å². The van der Waals surface area contributed by atoms with Crippen LogP contribution in [0.5, 0.6) is 0 Å². The molecular formula is C22H26N2O5S. The Bertz CT molecular complexity index is 1030. The highest BCUT2D eigenvalue weighted by atomic mass is 32.2. The average Bonchev–Trinajstić information content (AvgIpc) is 2.73. The average molecular weight is 431 g/mol. The maximum atomic E-state index is 12.1. The van der Waals surface area contributed by atoms with Crippen molar-refractivity contribution in [3.63, 3.8) is 0 Å². The highest BCUT2D eigenvalue weighted by molar-refractivity contribution is 7.92. The second kappa shape index (κ2) is 9.69. The van der Waals surface area contributed by atoms with Crippen molar-refractivity contribution in [2.75, 3.05) is 12.8 Å². The molecule has 0 bridgehead atoms. The van der Waals surface area contributed by atoms with Crippen LogP contribution < -0.4 is 5.48 Å². The van der Waals surface area contributed by atoms with Crippen molar-refractivity contribution in [3.05, 3.63) is 65.9 Å². The Labute approximate surface area is 176 Å². The Morgan fingerprint density at radius 2 is 1.83 bits per heavy atom. The fourth-order valence-corrected chi connectivity index (χ4v) is 3.74. The lowest BCUT2D eigenvalue weighted by Gasteiger charge is -2.26. The number of carbonyl (C=O) groups is 2. The Hall–Kier alpha value is -2.97. The molecule has 2 rings (SSSR count). The molecule has 2 N–H and O–H groups in total. The molecule has 1 unspecified atom stereocenters. The first-order valence-corrected chi connectivity index (χ1v) is 11.2. The van der Waals surface area contributed by atoms with Gasteiger partial charge < -0.3 is 4.90 Å². The zero-order valence-electron chi connectivity index (χ0n) is 17.2. The van der Waals surface area contributed by atoms with Crippen molar-refractivity contribution in [3.8, 4) is 11.1 Å². The topological polar surface area (TPSA) is 104 Å². The molecule has 0 aliphatic carbocycles. The van der Waals surface area contributed by atoms with Gasteiger partial charge in [0.05, 0.1) is 0 Å². The standard InChI is InChI=1S/C22H26N2O5S/c1-17-9-10-20(18-7-5-4-6-8-18)15-19(17)11-13-24(16-25)14-12-22(2,21(26)23-27)30(3,28)29/h4-11,13,15-16,27H,12,14H2,1-3H3,(H,23,26)/b13-11-. The summed E-state index contributed by atoms with van der Waals surface area (Å²) in [6.45, 7) is 3.15. The number of nitrogens with zero attached hydrogens (tertiary/aromatic N) is 1. The lowest BCUT2D eigenvalue weighted by molar-refractivity contribution is -0.132. The summed E-state index contributed by atoms with van der Waals surface area (Å²) >= 11 is 0. The molecule has 30 heavy (non-hydrogen) atoms. The molecule has 0 heterocycles. The van der Waals surface area contributed by atoms with Crippen LogP contribution in [0.15, 0.2) is 54.7 Å². The number of amides is 2. The third-order valence-electron chi connectivity index (χ3n) is 5.21. The van der Waals surface area contributed by atoms with Crippen molar-refractivity contribution in [2.45, 2.75) is 25.0 Å². The van der Waals surface area contributed by atoms with Crippen molar-refractivity contribution < 1.29 is 23.2 Å². The van der Waals surface area contributed by atoms with Gasteiger partial charge in [-0.1, -0.05) is 42.5 Å². The van der Waals surface area contributed by atoms with E-state index in [1.54, 1.807) is 12.3 Å². The maximum Gasteiger partial charge on any atom is 0.264 e. The summed E-state index contributed by atoms with van der Waals surface area (Å²) in [5.41, 5.74) is 5.41. The monoisotopic (exact) mass is 430 g/mol. The number of rotatable bonds is 9. The van der Waals surface area contributed by atoms with E-state index in [9.17, 15) is 18.0 Å². The van der Waals surface area contributed by atoms with Gasteiger partial charge in [-0.05, 0) is 54.7 Å². The summed E-state index contributed by atoms with van der Waals surface area (Å²) in [7, 11) is -3.83. The van der Waals surface area contributed by atoms with Gasteiger partial charge in [-0.3, -0.25) is 14.8 Å². The zero-order chi connectivity index (χ0) is 22.4. The second-order valence-corrected chi connectivity index (χ2v) is 9.74.